The largest absolute Gasteiger partial charge is 0.380 e. The van der Waals surface area contributed by atoms with Gasteiger partial charge in [0.15, 0.2) is 5.82 Å². The molecule has 0 aliphatic carbocycles. The zero-order valence-electron chi connectivity index (χ0n) is 19.6. The molecule has 1 aliphatic heterocycles. The van der Waals surface area contributed by atoms with Crippen molar-refractivity contribution in [3.05, 3.63) is 17.5 Å². The maximum Gasteiger partial charge on any atom is 0.228 e. The first-order chi connectivity index (χ1) is 14.9. The van der Waals surface area contributed by atoms with Crippen molar-refractivity contribution < 1.29 is 4.74 Å². The molecule has 0 aromatic carbocycles. The molecule has 3 heterocycles. The van der Waals surface area contributed by atoms with E-state index in [0.717, 1.165) is 53.8 Å². The Morgan fingerprint density at radius 2 is 2.19 bits per heavy atom. The average molecular weight is 429 g/mol. The van der Waals surface area contributed by atoms with Gasteiger partial charge in [0, 0.05) is 51.2 Å². The van der Waals surface area contributed by atoms with Crippen LogP contribution in [-0.2, 0) is 11.3 Å². The summed E-state index contributed by atoms with van der Waals surface area (Å²) < 4.78 is 7.50. The predicted octanol–water partition coefficient (Wildman–Crippen LogP) is 2.62. The van der Waals surface area contributed by atoms with Crippen LogP contribution in [-0.4, -0.2) is 71.9 Å². The highest BCUT2D eigenvalue weighted by molar-refractivity contribution is 5.89. The number of hydrogen-bond acceptors (Lipinski definition) is 8. The van der Waals surface area contributed by atoms with Gasteiger partial charge in [0.1, 0.15) is 11.0 Å². The lowest BCUT2D eigenvalue weighted by Crippen LogP contribution is -2.53. The van der Waals surface area contributed by atoms with E-state index in [2.05, 4.69) is 34.4 Å². The molecule has 2 aromatic rings. The molecule has 1 atom stereocenters. The predicted molar refractivity (Wildman–Crippen MR) is 127 cm³/mol. The lowest BCUT2D eigenvalue weighted by Gasteiger charge is -2.35. The quantitative estimate of drug-likeness (QED) is 0.468. The topological polar surface area (TPSA) is 92.5 Å². The van der Waals surface area contributed by atoms with Crippen molar-refractivity contribution in [2.45, 2.75) is 47.2 Å². The van der Waals surface area contributed by atoms with Gasteiger partial charge in [0.25, 0.3) is 0 Å². The molecule has 1 aliphatic rings. The fraction of sp³-hybridized carbons (Fsp3) is 0.636. The molecule has 2 N–H and O–H groups in total. The molecular weight excluding hydrogens is 392 g/mol. The third-order valence-corrected chi connectivity index (χ3v) is 5.48. The van der Waals surface area contributed by atoms with Crippen molar-refractivity contribution in [2.24, 2.45) is 10.9 Å². The Balaban J connectivity index is 2.03. The minimum Gasteiger partial charge on any atom is -0.380 e. The molecule has 0 spiro atoms. The summed E-state index contributed by atoms with van der Waals surface area (Å²) in [5, 5.41) is 11.8. The summed E-state index contributed by atoms with van der Waals surface area (Å²) in [6.45, 7) is 15.1. The summed E-state index contributed by atoms with van der Waals surface area (Å²) in [7, 11) is 1.76. The van der Waals surface area contributed by atoms with Gasteiger partial charge in [-0.15, -0.1) is 0 Å². The van der Waals surface area contributed by atoms with E-state index in [4.69, 9.17) is 19.8 Å². The lowest BCUT2D eigenvalue weighted by atomic mass is 10.0. The fourth-order valence-corrected chi connectivity index (χ4v) is 3.73. The number of fused-ring (bicyclic) bond motifs is 1. The van der Waals surface area contributed by atoms with Gasteiger partial charge < -0.3 is 20.3 Å². The van der Waals surface area contributed by atoms with Crippen molar-refractivity contribution in [1.29, 1.82) is 0 Å². The molecule has 0 bridgehead atoms. The molecule has 9 nitrogen and oxygen atoms in total. The van der Waals surface area contributed by atoms with Gasteiger partial charge in [-0.3, -0.25) is 9.67 Å². The first-order valence-electron chi connectivity index (χ1n) is 11.1. The number of nitrogens with zero attached hydrogens (tertiary/aromatic N) is 6. The Bertz CT molecular complexity index is 933. The molecule has 3 rings (SSSR count). The molecular formula is C22H36N8O. The molecule has 9 heteroatoms. The molecule has 1 unspecified atom stereocenters. The molecule has 0 amide bonds. The maximum absolute atomic E-state index is 5.56. The number of aryl methyl sites for hydroxylation is 1. The first-order valence-corrected chi connectivity index (χ1v) is 11.1. The average Bonchev–Trinajstić information content (AvgIpc) is 3.08. The highest BCUT2D eigenvalue weighted by atomic mass is 16.5. The Morgan fingerprint density at radius 1 is 1.39 bits per heavy atom. The molecule has 0 radical (unpaired) electrons. The van der Waals surface area contributed by atoms with Gasteiger partial charge in [-0.25, -0.2) is 4.98 Å². The highest BCUT2D eigenvalue weighted by Gasteiger charge is 2.25. The number of piperazine rings is 1. The number of rotatable bonds is 9. The van der Waals surface area contributed by atoms with Crippen LogP contribution in [0, 0.1) is 12.8 Å². The van der Waals surface area contributed by atoms with E-state index in [1.54, 1.807) is 13.3 Å². The third-order valence-electron chi connectivity index (χ3n) is 5.48. The van der Waals surface area contributed by atoms with Gasteiger partial charge in [-0.1, -0.05) is 13.8 Å². The number of nitrogens with one attached hydrogen (secondary N) is 2. The molecule has 1 saturated heterocycles. The molecule has 170 valence electrons. The molecule has 0 saturated carbocycles. The monoisotopic (exact) mass is 428 g/mol. The molecule has 31 heavy (non-hydrogen) atoms. The van der Waals surface area contributed by atoms with E-state index in [-0.39, 0.29) is 0 Å². The van der Waals surface area contributed by atoms with Crippen molar-refractivity contribution >= 4 is 29.0 Å². The second kappa shape index (κ2) is 10.7. The van der Waals surface area contributed by atoms with Crippen molar-refractivity contribution in [3.63, 3.8) is 0 Å². The number of aliphatic imine (C=N–C) groups is 1. The van der Waals surface area contributed by atoms with Crippen molar-refractivity contribution in [1.82, 2.24) is 25.1 Å². The highest BCUT2D eigenvalue weighted by Crippen LogP contribution is 2.28. The van der Waals surface area contributed by atoms with E-state index in [0.29, 0.717) is 31.7 Å². The van der Waals surface area contributed by atoms with Crippen LogP contribution in [0.2, 0.25) is 0 Å². The summed E-state index contributed by atoms with van der Waals surface area (Å²) in [4.78, 5) is 16.2. The number of hydrogen-bond donors (Lipinski definition) is 2. The van der Waals surface area contributed by atoms with Crippen molar-refractivity contribution in [3.8, 4) is 0 Å². The second-order valence-corrected chi connectivity index (χ2v) is 8.21. The van der Waals surface area contributed by atoms with E-state index < -0.39 is 0 Å². The normalized spacial score (nSPS) is 18.0. The number of ether oxygens (including phenoxy) is 1. The summed E-state index contributed by atoms with van der Waals surface area (Å²) in [6, 6.07) is 0.418. The summed E-state index contributed by atoms with van der Waals surface area (Å²) >= 11 is 0. The Labute approximate surface area is 185 Å². The summed E-state index contributed by atoms with van der Waals surface area (Å²) in [5.74, 6) is 2.05. The van der Waals surface area contributed by atoms with E-state index in [1.807, 2.05) is 31.5 Å². The standard InChI is InChI=1S/C22H36N8O/c1-7-31-13-12-30-20-19(17(5)28-30)26-22(27-21(20)25-16(4)8-9-23-6)29-11-10-24-18(14-29)15(2)3/h8-9,15,18,24H,7,10-14H2,1-6H3,(H,25,26,27)/b16-8+,23-9?. The van der Waals surface area contributed by atoms with Crippen LogP contribution in [0.1, 0.15) is 33.4 Å². The van der Waals surface area contributed by atoms with E-state index in [1.165, 1.54) is 0 Å². The minimum absolute atomic E-state index is 0.418. The van der Waals surface area contributed by atoms with E-state index in [9.17, 15) is 0 Å². The van der Waals surface area contributed by atoms with Crippen LogP contribution in [0.3, 0.4) is 0 Å². The van der Waals surface area contributed by atoms with Crippen molar-refractivity contribution in [2.75, 3.05) is 50.1 Å². The van der Waals surface area contributed by atoms with Gasteiger partial charge >= 0.3 is 0 Å². The SMILES string of the molecule is CCOCCn1nc(C)c2nc(N3CCNC(C(C)C)C3)nc(N/C(C)=C/C=NC)c21. The fourth-order valence-electron chi connectivity index (χ4n) is 3.73. The van der Waals surface area contributed by atoms with Crippen LogP contribution < -0.4 is 15.5 Å². The van der Waals surface area contributed by atoms with Crippen LogP contribution in [0.4, 0.5) is 11.8 Å². The number of aromatic nitrogens is 4. The van der Waals surface area contributed by atoms with Crippen LogP contribution in [0.5, 0.6) is 0 Å². The minimum atomic E-state index is 0.418. The van der Waals surface area contributed by atoms with Gasteiger partial charge in [-0.2, -0.15) is 10.1 Å². The first kappa shape index (κ1) is 23.1. The zero-order valence-corrected chi connectivity index (χ0v) is 19.6. The second-order valence-electron chi connectivity index (χ2n) is 8.21. The third kappa shape index (κ3) is 5.59. The van der Waals surface area contributed by atoms with E-state index >= 15 is 0 Å². The van der Waals surface area contributed by atoms with Gasteiger partial charge in [0.05, 0.1) is 18.8 Å². The van der Waals surface area contributed by atoms with Gasteiger partial charge in [0.2, 0.25) is 5.95 Å². The summed E-state index contributed by atoms with van der Waals surface area (Å²) in [5.41, 5.74) is 3.62. The Morgan fingerprint density at radius 3 is 2.90 bits per heavy atom. The number of anilines is 2. The van der Waals surface area contributed by atoms with Crippen LogP contribution in [0.15, 0.2) is 16.8 Å². The zero-order chi connectivity index (χ0) is 22.4. The Kier molecular flexibility index (Phi) is 7.97. The number of allylic oxidation sites excluding steroid dienone is 2. The maximum atomic E-state index is 5.56. The van der Waals surface area contributed by atoms with Crippen LogP contribution >= 0.6 is 0 Å². The lowest BCUT2D eigenvalue weighted by molar-refractivity contribution is 0.137. The Hall–Kier alpha value is -2.52. The van der Waals surface area contributed by atoms with Gasteiger partial charge in [-0.05, 0) is 32.8 Å². The molecule has 2 aromatic heterocycles. The summed E-state index contributed by atoms with van der Waals surface area (Å²) in [6.07, 6.45) is 3.70. The molecule has 1 fully saturated rings. The van der Waals surface area contributed by atoms with Crippen LogP contribution in [0.25, 0.3) is 11.0 Å². The smallest absolute Gasteiger partial charge is 0.228 e.